The normalized spacial score (nSPS) is 12.0. The standard InChI is InChI=1S/C14H19F3N2O/c1-10(2)18-13(20)9-19(3)8-11-4-6-12(7-5-11)14(15,16)17/h4-7,10H,8-9H2,1-3H3,(H,18,20). The number of hydrogen-bond donors (Lipinski definition) is 1. The Morgan fingerprint density at radius 1 is 1.25 bits per heavy atom. The van der Waals surface area contributed by atoms with Crippen LogP contribution >= 0.6 is 0 Å². The van der Waals surface area contributed by atoms with E-state index >= 15 is 0 Å². The molecular weight excluding hydrogens is 269 g/mol. The van der Waals surface area contributed by atoms with Crippen LogP contribution in [-0.4, -0.2) is 30.4 Å². The number of likely N-dealkylation sites (N-methyl/N-ethyl adjacent to an activating group) is 1. The lowest BCUT2D eigenvalue weighted by molar-refractivity contribution is -0.137. The first-order valence-electron chi connectivity index (χ1n) is 6.32. The number of halogens is 3. The third-order valence-electron chi connectivity index (χ3n) is 2.60. The summed E-state index contributed by atoms with van der Waals surface area (Å²) in [4.78, 5) is 13.3. The lowest BCUT2D eigenvalue weighted by atomic mass is 10.1. The topological polar surface area (TPSA) is 32.3 Å². The number of amides is 1. The quantitative estimate of drug-likeness (QED) is 0.903. The summed E-state index contributed by atoms with van der Waals surface area (Å²) < 4.78 is 37.2. The second-order valence-electron chi connectivity index (χ2n) is 5.09. The molecule has 20 heavy (non-hydrogen) atoms. The fourth-order valence-electron chi connectivity index (χ4n) is 1.78. The molecule has 1 aromatic rings. The van der Waals surface area contributed by atoms with Crippen molar-refractivity contribution in [1.82, 2.24) is 10.2 Å². The molecule has 0 aromatic heterocycles. The van der Waals surface area contributed by atoms with Gasteiger partial charge in [-0.15, -0.1) is 0 Å². The van der Waals surface area contributed by atoms with E-state index in [0.29, 0.717) is 6.54 Å². The van der Waals surface area contributed by atoms with Crippen LogP contribution in [0.5, 0.6) is 0 Å². The third-order valence-corrected chi connectivity index (χ3v) is 2.60. The zero-order valence-corrected chi connectivity index (χ0v) is 11.8. The molecule has 0 unspecified atom stereocenters. The number of benzene rings is 1. The molecule has 0 aliphatic carbocycles. The minimum atomic E-state index is -4.32. The Kier molecular flexibility index (Phi) is 5.56. The molecule has 6 heteroatoms. The monoisotopic (exact) mass is 288 g/mol. The number of nitrogens with zero attached hydrogens (tertiary/aromatic N) is 1. The van der Waals surface area contributed by atoms with Gasteiger partial charge >= 0.3 is 6.18 Å². The van der Waals surface area contributed by atoms with E-state index in [1.807, 2.05) is 13.8 Å². The Labute approximate surface area is 116 Å². The van der Waals surface area contributed by atoms with Crippen molar-refractivity contribution in [3.05, 3.63) is 35.4 Å². The Bertz CT molecular complexity index is 441. The average Bonchev–Trinajstić information content (AvgIpc) is 2.26. The highest BCUT2D eigenvalue weighted by atomic mass is 19.4. The highest BCUT2D eigenvalue weighted by Crippen LogP contribution is 2.29. The van der Waals surface area contributed by atoms with Gasteiger partial charge in [0.15, 0.2) is 0 Å². The van der Waals surface area contributed by atoms with Gasteiger partial charge in [0, 0.05) is 12.6 Å². The Hall–Kier alpha value is -1.56. The van der Waals surface area contributed by atoms with Crippen molar-refractivity contribution in [2.75, 3.05) is 13.6 Å². The van der Waals surface area contributed by atoms with Crippen LogP contribution in [0.2, 0.25) is 0 Å². The maximum absolute atomic E-state index is 12.4. The zero-order chi connectivity index (χ0) is 15.3. The molecule has 1 N–H and O–H groups in total. The third kappa shape index (κ3) is 5.61. The summed E-state index contributed by atoms with van der Waals surface area (Å²) in [6.07, 6.45) is -4.32. The maximum atomic E-state index is 12.4. The molecule has 0 atom stereocenters. The number of rotatable bonds is 5. The number of nitrogens with one attached hydrogen (secondary N) is 1. The van der Waals surface area contributed by atoms with E-state index in [2.05, 4.69) is 5.32 Å². The Balaban J connectivity index is 2.54. The number of carbonyl (C=O) groups excluding carboxylic acids is 1. The van der Waals surface area contributed by atoms with Gasteiger partial charge < -0.3 is 5.32 Å². The van der Waals surface area contributed by atoms with Crippen LogP contribution < -0.4 is 5.32 Å². The van der Waals surface area contributed by atoms with Gasteiger partial charge in [0.25, 0.3) is 0 Å². The molecule has 1 aromatic carbocycles. The van der Waals surface area contributed by atoms with Gasteiger partial charge in [-0.25, -0.2) is 0 Å². The Morgan fingerprint density at radius 3 is 2.25 bits per heavy atom. The van der Waals surface area contributed by atoms with Crippen LogP contribution in [0.15, 0.2) is 24.3 Å². The predicted molar refractivity (Wildman–Crippen MR) is 71.1 cm³/mol. The molecule has 3 nitrogen and oxygen atoms in total. The summed E-state index contributed by atoms with van der Waals surface area (Å²) >= 11 is 0. The fourth-order valence-corrected chi connectivity index (χ4v) is 1.78. The molecular formula is C14H19F3N2O. The van der Waals surface area contributed by atoms with E-state index in [-0.39, 0.29) is 18.5 Å². The van der Waals surface area contributed by atoms with Gasteiger partial charge in [-0.3, -0.25) is 9.69 Å². The first-order valence-corrected chi connectivity index (χ1v) is 6.32. The molecule has 0 radical (unpaired) electrons. The minimum Gasteiger partial charge on any atom is -0.353 e. The van der Waals surface area contributed by atoms with Gasteiger partial charge in [-0.2, -0.15) is 13.2 Å². The summed E-state index contributed by atoms with van der Waals surface area (Å²) in [5.41, 5.74) is 0.0688. The number of alkyl halides is 3. The lowest BCUT2D eigenvalue weighted by Gasteiger charge is -2.17. The summed E-state index contributed by atoms with van der Waals surface area (Å²) in [5.74, 6) is -0.102. The minimum absolute atomic E-state index is 0.0713. The SMILES string of the molecule is CC(C)NC(=O)CN(C)Cc1ccc(C(F)(F)F)cc1. The van der Waals surface area contributed by atoms with E-state index < -0.39 is 11.7 Å². The van der Waals surface area contributed by atoms with Gasteiger partial charge in [-0.05, 0) is 38.6 Å². The molecule has 1 amide bonds. The van der Waals surface area contributed by atoms with Gasteiger partial charge in [0.1, 0.15) is 0 Å². The van der Waals surface area contributed by atoms with Gasteiger partial charge in [0.2, 0.25) is 5.91 Å². The highest BCUT2D eigenvalue weighted by Gasteiger charge is 2.29. The van der Waals surface area contributed by atoms with Crippen LogP contribution in [0.25, 0.3) is 0 Å². The maximum Gasteiger partial charge on any atom is 0.416 e. The number of hydrogen-bond acceptors (Lipinski definition) is 2. The van der Waals surface area contributed by atoms with Crippen LogP contribution in [-0.2, 0) is 17.5 Å². The molecule has 0 heterocycles. The summed E-state index contributed by atoms with van der Waals surface area (Å²) in [6.45, 7) is 4.37. The van der Waals surface area contributed by atoms with E-state index in [0.717, 1.165) is 17.7 Å². The molecule has 0 fully saturated rings. The highest BCUT2D eigenvalue weighted by molar-refractivity contribution is 5.78. The molecule has 112 valence electrons. The second kappa shape index (κ2) is 6.74. The summed E-state index contributed by atoms with van der Waals surface area (Å²) in [5, 5.41) is 2.76. The van der Waals surface area contributed by atoms with Crippen molar-refractivity contribution >= 4 is 5.91 Å². The van der Waals surface area contributed by atoms with Crippen molar-refractivity contribution in [2.45, 2.75) is 32.6 Å². The van der Waals surface area contributed by atoms with Crippen molar-refractivity contribution < 1.29 is 18.0 Å². The molecule has 0 saturated carbocycles. The van der Waals surface area contributed by atoms with Crippen LogP contribution in [0.4, 0.5) is 13.2 Å². The molecule has 0 aliphatic heterocycles. The smallest absolute Gasteiger partial charge is 0.353 e. The molecule has 0 spiro atoms. The summed E-state index contributed by atoms with van der Waals surface area (Å²) in [6, 6.07) is 5.04. The van der Waals surface area contributed by atoms with Gasteiger partial charge in [0.05, 0.1) is 12.1 Å². The van der Waals surface area contributed by atoms with Crippen LogP contribution in [0, 0.1) is 0 Å². The van der Waals surface area contributed by atoms with Gasteiger partial charge in [-0.1, -0.05) is 12.1 Å². The van der Waals surface area contributed by atoms with Crippen LogP contribution in [0.1, 0.15) is 25.0 Å². The average molecular weight is 288 g/mol. The predicted octanol–water partition coefficient (Wildman–Crippen LogP) is 2.66. The zero-order valence-electron chi connectivity index (χ0n) is 11.8. The first-order chi connectivity index (χ1) is 9.18. The molecule has 0 aliphatic rings. The molecule has 0 bridgehead atoms. The fraction of sp³-hybridized carbons (Fsp3) is 0.500. The second-order valence-corrected chi connectivity index (χ2v) is 5.09. The lowest BCUT2D eigenvalue weighted by Crippen LogP contribution is -2.38. The summed E-state index contributed by atoms with van der Waals surface area (Å²) in [7, 11) is 1.75. The molecule has 1 rings (SSSR count). The first kappa shape index (κ1) is 16.5. The van der Waals surface area contributed by atoms with E-state index in [4.69, 9.17) is 0 Å². The Morgan fingerprint density at radius 2 is 1.80 bits per heavy atom. The van der Waals surface area contributed by atoms with Crippen molar-refractivity contribution in [1.29, 1.82) is 0 Å². The van der Waals surface area contributed by atoms with E-state index in [9.17, 15) is 18.0 Å². The van der Waals surface area contributed by atoms with E-state index in [1.165, 1.54) is 12.1 Å². The molecule has 0 saturated heterocycles. The number of carbonyl (C=O) groups is 1. The van der Waals surface area contributed by atoms with Crippen molar-refractivity contribution in [3.8, 4) is 0 Å². The van der Waals surface area contributed by atoms with Crippen molar-refractivity contribution in [3.63, 3.8) is 0 Å². The van der Waals surface area contributed by atoms with E-state index in [1.54, 1.807) is 11.9 Å². The van der Waals surface area contributed by atoms with Crippen molar-refractivity contribution in [2.24, 2.45) is 0 Å². The largest absolute Gasteiger partial charge is 0.416 e. The van der Waals surface area contributed by atoms with Crippen LogP contribution in [0.3, 0.4) is 0 Å².